The van der Waals surface area contributed by atoms with Crippen LogP contribution in [-0.2, 0) is 4.79 Å². The molecule has 2 aromatic rings. The minimum absolute atomic E-state index is 0.172. The van der Waals surface area contributed by atoms with Gasteiger partial charge in [-0.05, 0) is 30.3 Å². The van der Waals surface area contributed by atoms with Gasteiger partial charge in [0, 0.05) is 12.6 Å². The molecule has 0 heterocycles. The molecule has 0 aromatic heterocycles. The number of benzene rings is 2. The van der Waals surface area contributed by atoms with Crippen LogP contribution < -0.4 is 0 Å². The number of hydrogen-bond acceptors (Lipinski definition) is 2. The highest BCUT2D eigenvalue weighted by atomic mass is 16.4. The molecule has 0 saturated carbocycles. The molecule has 0 radical (unpaired) electrons. The van der Waals surface area contributed by atoms with Gasteiger partial charge in [0.15, 0.2) is 0 Å². The van der Waals surface area contributed by atoms with Gasteiger partial charge in [0.1, 0.15) is 0 Å². The fourth-order valence-electron chi connectivity index (χ4n) is 2.32. The fraction of sp³-hybridized carbons (Fsp3) is 0.312. The van der Waals surface area contributed by atoms with Crippen molar-refractivity contribution in [3.05, 3.63) is 48.0 Å². The van der Waals surface area contributed by atoms with E-state index in [0.717, 1.165) is 0 Å². The summed E-state index contributed by atoms with van der Waals surface area (Å²) >= 11 is 0. The maximum atomic E-state index is 10.6. The van der Waals surface area contributed by atoms with Gasteiger partial charge in [-0.2, -0.15) is 0 Å². The van der Waals surface area contributed by atoms with E-state index in [1.807, 2.05) is 19.2 Å². The van der Waals surface area contributed by atoms with Gasteiger partial charge in [-0.3, -0.25) is 9.69 Å². The van der Waals surface area contributed by atoms with Crippen LogP contribution in [0.1, 0.15) is 24.9 Å². The third-order valence-electron chi connectivity index (χ3n) is 3.61. The molecule has 0 amide bonds. The number of carboxylic acid groups (broad SMARTS) is 1. The van der Waals surface area contributed by atoms with Gasteiger partial charge in [-0.1, -0.05) is 42.5 Å². The maximum absolute atomic E-state index is 10.6. The van der Waals surface area contributed by atoms with Crippen LogP contribution in [0, 0.1) is 0 Å². The molecule has 2 rings (SSSR count). The predicted octanol–water partition coefficient (Wildman–Crippen LogP) is 3.31. The van der Waals surface area contributed by atoms with Gasteiger partial charge in [-0.15, -0.1) is 0 Å². The monoisotopic (exact) mass is 257 g/mol. The second-order valence-electron chi connectivity index (χ2n) is 4.87. The molecule has 0 saturated heterocycles. The number of fused-ring (bicyclic) bond motifs is 1. The van der Waals surface area contributed by atoms with Gasteiger partial charge < -0.3 is 5.11 Å². The van der Waals surface area contributed by atoms with E-state index in [1.54, 1.807) is 0 Å². The summed E-state index contributed by atoms with van der Waals surface area (Å²) in [5, 5.41) is 11.2. The Morgan fingerprint density at radius 3 is 2.63 bits per heavy atom. The first-order chi connectivity index (χ1) is 9.09. The summed E-state index contributed by atoms with van der Waals surface area (Å²) in [4.78, 5) is 12.7. The van der Waals surface area contributed by atoms with E-state index >= 15 is 0 Å². The summed E-state index contributed by atoms with van der Waals surface area (Å²) in [5.74, 6) is -0.753. The Hall–Kier alpha value is -1.87. The molecule has 100 valence electrons. The number of aliphatic carboxylic acids is 1. The van der Waals surface area contributed by atoms with Crippen molar-refractivity contribution in [3.63, 3.8) is 0 Å². The normalized spacial score (nSPS) is 12.8. The minimum Gasteiger partial charge on any atom is -0.481 e. The van der Waals surface area contributed by atoms with Crippen LogP contribution in [0.4, 0.5) is 0 Å². The van der Waals surface area contributed by atoms with Crippen molar-refractivity contribution in [1.29, 1.82) is 0 Å². The van der Waals surface area contributed by atoms with Crippen molar-refractivity contribution in [2.24, 2.45) is 0 Å². The summed E-state index contributed by atoms with van der Waals surface area (Å²) in [7, 11) is 1.97. The second kappa shape index (κ2) is 5.85. The molecule has 0 fully saturated rings. The molecule has 0 spiro atoms. The average molecular weight is 257 g/mol. The number of hydrogen-bond donors (Lipinski definition) is 1. The van der Waals surface area contributed by atoms with Gasteiger partial charge in [-0.25, -0.2) is 0 Å². The maximum Gasteiger partial charge on any atom is 0.304 e. The zero-order chi connectivity index (χ0) is 13.8. The molecule has 0 aliphatic rings. The molecule has 1 N–H and O–H groups in total. The molecular weight excluding hydrogens is 238 g/mol. The van der Waals surface area contributed by atoms with Crippen LogP contribution >= 0.6 is 0 Å². The lowest BCUT2D eigenvalue weighted by molar-refractivity contribution is -0.137. The van der Waals surface area contributed by atoms with Crippen molar-refractivity contribution >= 4 is 16.7 Å². The largest absolute Gasteiger partial charge is 0.481 e. The average Bonchev–Trinajstić information content (AvgIpc) is 2.43. The number of rotatable bonds is 5. The van der Waals surface area contributed by atoms with E-state index in [1.165, 1.54) is 16.3 Å². The van der Waals surface area contributed by atoms with Crippen LogP contribution in [0.2, 0.25) is 0 Å². The zero-order valence-electron chi connectivity index (χ0n) is 11.3. The van der Waals surface area contributed by atoms with Crippen molar-refractivity contribution in [1.82, 2.24) is 4.90 Å². The van der Waals surface area contributed by atoms with Gasteiger partial charge in [0.2, 0.25) is 0 Å². The first kappa shape index (κ1) is 13.6. The van der Waals surface area contributed by atoms with Crippen LogP contribution in [0.3, 0.4) is 0 Å². The Kier molecular flexibility index (Phi) is 4.17. The fourth-order valence-corrected chi connectivity index (χ4v) is 2.32. The quantitative estimate of drug-likeness (QED) is 0.893. The van der Waals surface area contributed by atoms with Crippen LogP contribution in [-0.4, -0.2) is 29.6 Å². The van der Waals surface area contributed by atoms with Gasteiger partial charge in [0.25, 0.3) is 0 Å². The van der Waals surface area contributed by atoms with Gasteiger partial charge >= 0.3 is 5.97 Å². The standard InChI is InChI=1S/C16H19NO2/c1-12(17(2)11-10-16(18)19)14-9-5-7-13-6-3-4-8-15(13)14/h3-9,12H,10-11H2,1-2H3,(H,18,19). The van der Waals surface area contributed by atoms with Crippen LogP contribution in [0.5, 0.6) is 0 Å². The Morgan fingerprint density at radius 1 is 1.21 bits per heavy atom. The summed E-state index contributed by atoms with van der Waals surface area (Å²) in [5.41, 5.74) is 1.24. The lowest BCUT2D eigenvalue weighted by atomic mass is 9.99. The van der Waals surface area contributed by atoms with Crippen LogP contribution in [0.15, 0.2) is 42.5 Å². The SMILES string of the molecule is CC(c1cccc2ccccc12)N(C)CCC(=O)O. The first-order valence-electron chi connectivity index (χ1n) is 6.49. The highest BCUT2D eigenvalue weighted by molar-refractivity contribution is 5.86. The molecule has 1 atom stereocenters. The highest BCUT2D eigenvalue weighted by Crippen LogP contribution is 2.27. The van der Waals surface area contributed by atoms with Crippen LogP contribution in [0.25, 0.3) is 10.8 Å². The third-order valence-corrected chi connectivity index (χ3v) is 3.61. The summed E-state index contributed by atoms with van der Waals surface area (Å²) in [6.07, 6.45) is 0.172. The summed E-state index contributed by atoms with van der Waals surface area (Å²) in [6.45, 7) is 2.67. The van der Waals surface area contributed by atoms with E-state index in [-0.39, 0.29) is 12.5 Å². The smallest absolute Gasteiger partial charge is 0.304 e. The van der Waals surface area contributed by atoms with Crippen molar-refractivity contribution in [2.45, 2.75) is 19.4 Å². The predicted molar refractivity (Wildman–Crippen MR) is 77.2 cm³/mol. The highest BCUT2D eigenvalue weighted by Gasteiger charge is 2.14. The lowest BCUT2D eigenvalue weighted by Gasteiger charge is -2.25. The molecule has 3 heteroatoms. The van der Waals surface area contributed by atoms with Gasteiger partial charge in [0.05, 0.1) is 6.42 Å². The van der Waals surface area contributed by atoms with E-state index < -0.39 is 5.97 Å². The van der Waals surface area contributed by atoms with Crippen molar-refractivity contribution in [2.75, 3.05) is 13.6 Å². The molecule has 2 aromatic carbocycles. The van der Waals surface area contributed by atoms with E-state index in [4.69, 9.17) is 5.11 Å². The molecule has 0 bridgehead atoms. The minimum atomic E-state index is -0.753. The molecule has 0 aliphatic carbocycles. The Balaban J connectivity index is 2.25. The Bertz CT molecular complexity index is 574. The van der Waals surface area contributed by atoms with E-state index in [2.05, 4.69) is 42.2 Å². The lowest BCUT2D eigenvalue weighted by Crippen LogP contribution is -2.25. The summed E-state index contributed by atoms with van der Waals surface area (Å²) in [6, 6.07) is 14.8. The summed E-state index contributed by atoms with van der Waals surface area (Å²) < 4.78 is 0. The number of carbonyl (C=O) groups is 1. The van der Waals surface area contributed by atoms with Crippen molar-refractivity contribution < 1.29 is 9.90 Å². The topological polar surface area (TPSA) is 40.5 Å². The number of nitrogens with zero attached hydrogens (tertiary/aromatic N) is 1. The Morgan fingerprint density at radius 2 is 1.89 bits per heavy atom. The molecule has 3 nitrogen and oxygen atoms in total. The zero-order valence-corrected chi connectivity index (χ0v) is 11.3. The Labute approximate surface area is 113 Å². The van der Waals surface area contributed by atoms with Crippen molar-refractivity contribution in [3.8, 4) is 0 Å². The van der Waals surface area contributed by atoms with E-state index in [0.29, 0.717) is 6.54 Å². The molecule has 0 aliphatic heterocycles. The molecule has 19 heavy (non-hydrogen) atoms. The van der Waals surface area contributed by atoms with E-state index in [9.17, 15) is 4.79 Å². The molecular formula is C16H19NO2. The molecule has 1 unspecified atom stereocenters. The number of carboxylic acids is 1. The first-order valence-corrected chi connectivity index (χ1v) is 6.49. The second-order valence-corrected chi connectivity index (χ2v) is 4.87. The third kappa shape index (κ3) is 3.12.